The lowest BCUT2D eigenvalue weighted by Gasteiger charge is -2.21. The Morgan fingerprint density at radius 1 is 1.10 bits per heavy atom. The topological polar surface area (TPSA) is 61.2 Å². The van der Waals surface area contributed by atoms with Crippen LogP contribution in [0.25, 0.3) is 0 Å². The molecule has 2 aromatic rings. The van der Waals surface area contributed by atoms with Crippen LogP contribution in [0.5, 0.6) is 0 Å². The molecule has 0 heterocycles. The molecule has 0 atom stereocenters. The molecule has 0 radical (unpaired) electrons. The van der Waals surface area contributed by atoms with Crippen LogP contribution in [0.1, 0.15) is 11.1 Å². The fourth-order valence-electron chi connectivity index (χ4n) is 1.93. The minimum absolute atomic E-state index is 0.113. The Hall–Kier alpha value is -2.32. The summed E-state index contributed by atoms with van der Waals surface area (Å²) in [6, 6.07) is 15.2. The maximum absolute atomic E-state index is 12.6. The van der Waals surface area contributed by atoms with Crippen LogP contribution in [0.3, 0.4) is 0 Å². The number of benzene rings is 2. The summed E-state index contributed by atoms with van der Waals surface area (Å²) >= 11 is 0. The quantitative estimate of drug-likeness (QED) is 0.871. The number of nitriles is 1. The average Bonchev–Trinajstić information content (AvgIpc) is 2.47. The number of para-hydroxylation sites is 1. The van der Waals surface area contributed by atoms with Crippen LogP contribution in [0.15, 0.2) is 53.4 Å². The molecule has 0 aliphatic rings. The zero-order valence-electron chi connectivity index (χ0n) is 11.2. The molecule has 0 amide bonds. The maximum Gasteiger partial charge on any atom is 0.264 e. The van der Waals surface area contributed by atoms with Crippen molar-refractivity contribution in [3.05, 3.63) is 59.7 Å². The summed E-state index contributed by atoms with van der Waals surface area (Å²) in [6.45, 7) is 1.85. The third-order valence-corrected chi connectivity index (χ3v) is 4.84. The molecule has 0 spiro atoms. The van der Waals surface area contributed by atoms with E-state index in [0.717, 1.165) is 5.56 Å². The highest BCUT2D eigenvalue weighted by Gasteiger charge is 2.22. The van der Waals surface area contributed by atoms with Gasteiger partial charge in [0.15, 0.2) is 0 Å². The van der Waals surface area contributed by atoms with Crippen LogP contribution in [-0.2, 0) is 10.0 Å². The van der Waals surface area contributed by atoms with Gasteiger partial charge in [-0.25, -0.2) is 8.42 Å². The predicted molar refractivity (Wildman–Crippen MR) is 77.9 cm³/mol. The molecule has 0 bridgehead atoms. The lowest BCUT2D eigenvalue weighted by atomic mass is 10.2. The van der Waals surface area contributed by atoms with Crippen molar-refractivity contribution in [2.75, 3.05) is 11.4 Å². The van der Waals surface area contributed by atoms with Crippen LogP contribution in [-0.4, -0.2) is 15.5 Å². The number of nitrogens with zero attached hydrogens (tertiary/aromatic N) is 2. The molecule has 0 aliphatic heterocycles. The highest BCUT2D eigenvalue weighted by atomic mass is 32.2. The van der Waals surface area contributed by atoms with Gasteiger partial charge in [-0.15, -0.1) is 0 Å². The molecule has 0 fully saturated rings. The minimum atomic E-state index is -3.66. The Labute approximate surface area is 118 Å². The first-order valence-corrected chi connectivity index (χ1v) is 7.45. The van der Waals surface area contributed by atoms with E-state index >= 15 is 0 Å². The van der Waals surface area contributed by atoms with Gasteiger partial charge in [-0.3, -0.25) is 4.31 Å². The summed E-state index contributed by atoms with van der Waals surface area (Å²) in [6.07, 6.45) is 0. The Morgan fingerprint density at radius 3 is 2.45 bits per heavy atom. The van der Waals surface area contributed by atoms with Gasteiger partial charge in [-0.1, -0.05) is 24.3 Å². The van der Waals surface area contributed by atoms with E-state index in [1.165, 1.54) is 23.5 Å². The SMILES string of the molecule is Cc1ccccc1N(C)S(=O)(=O)c1cccc(C#N)c1. The number of hydrogen-bond acceptors (Lipinski definition) is 3. The van der Waals surface area contributed by atoms with Crippen molar-refractivity contribution in [3.63, 3.8) is 0 Å². The van der Waals surface area contributed by atoms with Gasteiger partial charge in [0.25, 0.3) is 10.0 Å². The Balaban J connectivity index is 2.50. The largest absolute Gasteiger partial charge is 0.269 e. The first-order chi connectivity index (χ1) is 9.46. The van der Waals surface area contributed by atoms with Gasteiger partial charge in [0.2, 0.25) is 0 Å². The minimum Gasteiger partial charge on any atom is -0.269 e. The highest BCUT2D eigenvalue weighted by molar-refractivity contribution is 7.92. The Kier molecular flexibility index (Phi) is 3.77. The fourth-order valence-corrected chi connectivity index (χ4v) is 3.24. The van der Waals surface area contributed by atoms with Crippen molar-refractivity contribution in [1.82, 2.24) is 0 Å². The molecular formula is C15H14N2O2S. The molecule has 0 N–H and O–H groups in total. The molecule has 2 aromatic carbocycles. The van der Waals surface area contributed by atoms with Gasteiger partial charge < -0.3 is 0 Å². The van der Waals surface area contributed by atoms with Crippen molar-refractivity contribution in [1.29, 1.82) is 5.26 Å². The summed E-state index contributed by atoms with van der Waals surface area (Å²) in [4.78, 5) is 0.113. The summed E-state index contributed by atoms with van der Waals surface area (Å²) in [5, 5.41) is 8.87. The van der Waals surface area contributed by atoms with Crippen LogP contribution >= 0.6 is 0 Å². The molecule has 0 saturated carbocycles. The van der Waals surface area contributed by atoms with Crippen LogP contribution < -0.4 is 4.31 Å². The summed E-state index contributed by atoms with van der Waals surface area (Å²) in [7, 11) is -2.15. The van der Waals surface area contributed by atoms with Gasteiger partial charge in [-0.05, 0) is 36.8 Å². The lowest BCUT2D eigenvalue weighted by Crippen LogP contribution is -2.27. The third kappa shape index (κ3) is 2.51. The highest BCUT2D eigenvalue weighted by Crippen LogP contribution is 2.25. The zero-order valence-corrected chi connectivity index (χ0v) is 12.1. The fraction of sp³-hybridized carbons (Fsp3) is 0.133. The number of aryl methyl sites for hydroxylation is 1. The van der Waals surface area contributed by atoms with E-state index in [4.69, 9.17) is 5.26 Å². The molecule has 102 valence electrons. The van der Waals surface area contributed by atoms with Crippen LogP contribution in [0.2, 0.25) is 0 Å². The van der Waals surface area contributed by atoms with E-state index in [-0.39, 0.29) is 4.90 Å². The van der Waals surface area contributed by atoms with Gasteiger partial charge in [-0.2, -0.15) is 5.26 Å². The normalized spacial score (nSPS) is 10.8. The smallest absolute Gasteiger partial charge is 0.264 e. The van der Waals surface area contributed by atoms with E-state index in [2.05, 4.69) is 0 Å². The molecule has 0 saturated heterocycles. The van der Waals surface area contributed by atoms with E-state index in [9.17, 15) is 8.42 Å². The monoisotopic (exact) mass is 286 g/mol. The predicted octanol–water partition coefficient (Wildman–Crippen LogP) is 2.69. The van der Waals surface area contributed by atoms with Gasteiger partial charge in [0, 0.05) is 7.05 Å². The summed E-state index contributed by atoms with van der Waals surface area (Å²) < 4.78 is 26.4. The number of rotatable bonds is 3. The number of anilines is 1. The number of hydrogen-bond donors (Lipinski definition) is 0. The first-order valence-electron chi connectivity index (χ1n) is 6.01. The van der Waals surface area contributed by atoms with Crippen molar-refractivity contribution in [2.45, 2.75) is 11.8 Å². The van der Waals surface area contributed by atoms with Gasteiger partial charge in [0.05, 0.1) is 22.2 Å². The van der Waals surface area contributed by atoms with Crippen molar-refractivity contribution >= 4 is 15.7 Å². The second kappa shape index (κ2) is 5.35. The summed E-state index contributed by atoms with van der Waals surface area (Å²) in [5.74, 6) is 0. The van der Waals surface area contributed by atoms with Gasteiger partial charge >= 0.3 is 0 Å². The van der Waals surface area contributed by atoms with E-state index < -0.39 is 10.0 Å². The molecule has 0 aliphatic carbocycles. The average molecular weight is 286 g/mol. The molecule has 2 rings (SSSR count). The van der Waals surface area contributed by atoms with E-state index in [1.54, 1.807) is 24.3 Å². The lowest BCUT2D eigenvalue weighted by molar-refractivity contribution is 0.594. The van der Waals surface area contributed by atoms with Crippen LogP contribution in [0, 0.1) is 18.3 Å². The van der Waals surface area contributed by atoms with Crippen LogP contribution in [0.4, 0.5) is 5.69 Å². The van der Waals surface area contributed by atoms with Gasteiger partial charge in [0.1, 0.15) is 0 Å². The molecule has 20 heavy (non-hydrogen) atoms. The van der Waals surface area contributed by atoms with Crippen molar-refractivity contribution in [2.24, 2.45) is 0 Å². The Morgan fingerprint density at radius 2 is 1.80 bits per heavy atom. The second-order valence-electron chi connectivity index (χ2n) is 4.40. The van der Waals surface area contributed by atoms with E-state index in [0.29, 0.717) is 11.3 Å². The number of sulfonamides is 1. The maximum atomic E-state index is 12.6. The Bertz CT molecular complexity index is 776. The summed E-state index contributed by atoms with van der Waals surface area (Å²) in [5.41, 5.74) is 1.81. The zero-order chi connectivity index (χ0) is 14.8. The molecular weight excluding hydrogens is 272 g/mol. The third-order valence-electron chi connectivity index (χ3n) is 3.08. The molecule has 0 unspecified atom stereocenters. The van der Waals surface area contributed by atoms with E-state index in [1.807, 2.05) is 25.1 Å². The second-order valence-corrected chi connectivity index (χ2v) is 6.37. The first kappa shape index (κ1) is 14.1. The molecule has 0 aromatic heterocycles. The standard InChI is InChI=1S/C15H14N2O2S/c1-12-6-3-4-9-15(12)17(2)20(18,19)14-8-5-7-13(10-14)11-16/h3-10H,1-2H3. The molecule has 5 heteroatoms. The van der Waals surface area contributed by atoms with Crippen molar-refractivity contribution in [3.8, 4) is 6.07 Å². The van der Waals surface area contributed by atoms with Crippen molar-refractivity contribution < 1.29 is 8.42 Å². The molecule has 4 nitrogen and oxygen atoms in total.